The molecule has 2 heteroatoms. The lowest BCUT2D eigenvalue weighted by molar-refractivity contribution is 0.473. The summed E-state index contributed by atoms with van der Waals surface area (Å²) in [5.74, 6) is 2.04. The molecule has 0 saturated carbocycles. The first-order valence-corrected chi connectivity index (χ1v) is 7.92. The Morgan fingerprint density at radius 1 is 0.682 bits per heavy atom. The van der Waals surface area contributed by atoms with Crippen LogP contribution in [-0.2, 0) is 12.8 Å². The Morgan fingerprint density at radius 2 is 1.23 bits per heavy atom. The van der Waals surface area contributed by atoms with Gasteiger partial charge in [-0.1, -0.05) is 52.0 Å². The van der Waals surface area contributed by atoms with Crippen LogP contribution >= 0.6 is 0 Å². The van der Waals surface area contributed by atoms with Gasteiger partial charge in [-0.2, -0.15) is 0 Å². The smallest absolute Gasteiger partial charge is 0.115 e. The minimum absolute atomic E-state index is 0.345. The third kappa shape index (κ3) is 7.72. The van der Waals surface area contributed by atoms with Gasteiger partial charge in [0.05, 0.1) is 0 Å². The molecular weight excluding hydrogens is 272 g/mol. The van der Waals surface area contributed by atoms with E-state index in [0.717, 1.165) is 12.8 Å². The summed E-state index contributed by atoms with van der Waals surface area (Å²) in [5.41, 5.74) is 2.50. The molecular formula is C20H28O2. The van der Waals surface area contributed by atoms with Crippen LogP contribution in [0, 0.1) is 11.8 Å². The van der Waals surface area contributed by atoms with Crippen molar-refractivity contribution in [3.05, 3.63) is 59.7 Å². The second-order valence-electron chi connectivity index (χ2n) is 6.53. The lowest BCUT2D eigenvalue weighted by atomic mass is 10.0. The maximum absolute atomic E-state index is 9.13. The lowest BCUT2D eigenvalue weighted by Crippen LogP contribution is -1.92. The predicted molar refractivity (Wildman–Crippen MR) is 93.3 cm³/mol. The monoisotopic (exact) mass is 300 g/mol. The van der Waals surface area contributed by atoms with Gasteiger partial charge in [0.15, 0.2) is 0 Å². The van der Waals surface area contributed by atoms with Gasteiger partial charge in [-0.3, -0.25) is 0 Å². The molecule has 0 atom stereocenters. The molecule has 22 heavy (non-hydrogen) atoms. The van der Waals surface area contributed by atoms with Crippen LogP contribution in [0.1, 0.15) is 38.8 Å². The van der Waals surface area contributed by atoms with Gasteiger partial charge < -0.3 is 10.2 Å². The van der Waals surface area contributed by atoms with E-state index in [-0.39, 0.29) is 0 Å². The van der Waals surface area contributed by atoms with E-state index >= 15 is 0 Å². The number of benzene rings is 2. The van der Waals surface area contributed by atoms with Crippen LogP contribution in [0.2, 0.25) is 0 Å². The molecule has 0 amide bonds. The summed E-state index contributed by atoms with van der Waals surface area (Å²) in [6.45, 7) is 8.72. The number of phenols is 2. The lowest BCUT2D eigenvalue weighted by Gasteiger charge is -2.04. The largest absolute Gasteiger partial charge is 0.508 e. The van der Waals surface area contributed by atoms with Crippen molar-refractivity contribution in [2.24, 2.45) is 11.8 Å². The third-order valence-electron chi connectivity index (χ3n) is 3.13. The molecule has 0 aromatic heterocycles. The zero-order valence-electron chi connectivity index (χ0n) is 14.1. The van der Waals surface area contributed by atoms with Crippen LogP contribution in [0.25, 0.3) is 0 Å². The van der Waals surface area contributed by atoms with Crippen LogP contribution < -0.4 is 0 Å². The molecule has 2 rings (SSSR count). The van der Waals surface area contributed by atoms with E-state index in [0.29, 0.717) is 23.3 Å². The number of hydrogen-bond acceptors (Lipinski definition) is 2. The van der Waals surface area contributed by atoms with E-state index in [9.17, 15) is 0 Å². The second-order valence-corrected chi connectivity index (χ2v) is 6.53. The van der Waals surface area contributed by atoms with E-state index in [1.165, 1.54) is 11.1 Å². The van der Waals surface area contributed by atoms with Crippen molar-refractivity contribution >= 4 is 0 Å². The van der Waals surface area contributed by atoms with Crippen LogP contribution in [0.15, 0.2) is 48.5 Å². The van der Waals surface area contributed by atoms with E-state index in [1.54, 1.807) is 18.2 Å². The van der Waals surface area contributed by atoms with E-state index < -0.39 is 0 Å². The minimum Gasteiger partial charge on any atom is -0.508 e. The highest BCUT2D eigenvalue weighted by atomic mass is 16.3. The Labute approximate surface area is 134 Å². The molecule has 0 heterocycles. The Balaban J connectivity index is 0.000000220. The second kappa shape index (κ2) is 9.14. The van der Waals surface area contributed by atoms with Crippen LogP contribution in [0.4, 0.5) is 0 Å². The molecule has 2 nitrogen and oxygen atoms in total. The molecule has 0 spiro atoms. The summed E-state index contributed by atoms with van der Waals surface area (Å²) < 4.78 is 0. The van der Waals surface area contributed by atoms with Gasteiger partial charge in [-0.25, -0.2) is 0 Å². The fourth-order valence-corrected chi connectivity index (χ4v) is 2.26. The molecule has 0 aliphatic carbocycles. The molecule has 0 radical (unpaired) electrons. The topological polar surface area (TPSA) is 40.5 Å². The zero-order valence-corrected chi connectivity index (χ0v) is 14.1. The highest BCUT2D eigenvalue weighted by Gasteiger charge is 1.97. The van der Waals surface area contributed by atoms with Gasteiger partial charge in [0.1, 0.15) is 11.5 Å². The molecule has 2 aromatic rings. The quantitative estimate of drug-likeness (QED) is 0.816. The number of hydrogen-bond donors (Lipinski definition) is 2. The summed E-state index contributed by atoms with van der Waals surface area (Å²) in [6.07, 6.45) is 2.12. The minimum atomic E-state index is 0.345. The average molecular weight is 300 g/mol. The van der Waals surface area contributed by atoms with Gasteiger partial charge in [0, 0.05) is 0 Å². The standard InChI is InChI=1S/2C10H14O/c1-8(2)7-9-3-5-10(11)6-4-9;1-8(2)6-9-4-3-5-10(11)7-9/h3-6,8,11H,7H2,1-2H3;3-5,7-8,11H,6H2,1-2H3. The Hall–Kier alpha value is -1.96. The SMILES string of the molecule is CC(C)Cc1ccc(O)cc1.CC(C)Cc1cccc(O)c1. The Bertz CT molecular complexity index is 542. The first-order valence-electron chi connectivity index (χ1n) is 7.92. The van der Waals surface area contributed by atoms with Crippen molar-refractivity contribution in [2.75, 3.05) is 0 Å². The van der Waals surface area contributed by atoms with Crippen molar-refractivity contribution < 1.29 is 10.2 Å². The van der Waals surface area contributed by atoms with Crippen molar-refractivity contribution in [1.82, 2.24) is 0 Å². The Kier molecular flexibility index (Phi) is 7.51. The van der Waals surface area contributed by atoms with Crippen molar-refractivity contribution in [1.29, 1.82) is 0 Å². The fourth-order valence-electron chi connectivity index (χ4n) is 2.26. The average Bonchev–Trinajstić information content (AvgIpc) is 2.41. The number of phenolic OH excluding ortho intramolecular Hbond substituents is 2. The predicted octanol–water partition coefficient (Wildman–Crippen LogP) is 5.18. The van der Waals surface area contributed by atoms with Gasteiger partial charge in [0.2, 0.25) is 0 Å². The van der Waals surface area contributed by atoms with Crippen molar-refractivity contribution in [3.63, 3.8) is 0 Å². The highest BCUT2D eigenvalue weighted by Crippen LogP contribution is 2.14. The number of aromatic hydroxyl groups is 2. The molecule has 0 saturated heterocycles. The maximum Gasteiger partial charge on any atom is 0.115 e. The van der Waals surface area contributed by atoms with Gasteiger partial charge in [0.25, 0.3) is 0 Å². The molecule has 2 aromatic carbocycles. The molecule has 120 valence electrons. The molecule has 0 fully saturated rings. The molecule has 0 aliphatic rings. The summed E-state index contributed by atoms with van der Waals surface area (Å²) in [6, 6.07) is 14.8. The summed E-state index contributed by atoms with van der Waals surface area (Å²) >= 11 is 0. The Morgan fingerprint density at radius 3 is 1.73 bits per heavy atom. The number of rotatable bonds is 4. The van der Waals surface area contributed by atoms with Crippen LogP contribution in [-0.4, -0.2) is 10.2 Å². The summed E-state index contributed by atoms with van der Waals surface area (Å²) in [4.78, 5) is 0. The normalized spacial score (nSPS) is 10.5. The van der Waals surface area contributed by atoms with E-state index in [4.69, 9.17) is 10.2 Å². The third-order valence-corrected chi connectivity index (χ3v) is 3.13. The highest BCUT2D eigenvalue weighted by molar-refractivity contribution is 5.27. The summed E-state index contributed by atoms with van der Waals surface area (Å²) in [7, 11) is 0. The van der Waals surface area contributed by atoms with Gasteiger partial charge in [-0.15, -0.1) is 0 Å². The molecule has 0 bridgehead atoms. The first kappa shape index (κ1) is 18.1. The first-order chi connectivity index (χ1) is 10.4. The van der Waals surface area contributed by atoms with Crippen LogP contribution in [0.5, 0.6) is 11.5 Å². The molecule has 2 N–H and O–H groups in total. The van der Waals surface area contributed by atoms with Gasteiger partial charge in [-0.05, 0) is 60.1 Å². The van der Waals surface area contributed by atoms with E-state index in [1.807, 2.05) is 30.3 Å². The van der Waals surface area contributed by atoms with Crippen molar-refractivity contribution in [2.45, 2.75) is 40.5 Å². The zero-order chi connectivity index (χ0) is 16.5. The molecule has 0 aliphatic heterocycles. The van der Waals surface area contributed by atoms with Crippen molar-refractivity contribution in [3.8, 4) is 11.5 Å². The molecule has 0 unspecified atom stereocenters. The summed E-state index contributed by atoms with van der Waals surface area (Å²) in [5, 5.41) is 18.1. The maximum atomic E-state index is 9.13. The van der Waals surface area contributed by atoms with Crippen LogP contribution in [0.3, 0.4) is 0 Å². The van der Waals surface area contributed by atoms with E-state index in [2.05, 4.69) is 27.7 Å². The van der Waals surface area contributed by atoms with Gasteiger partial charge >= 0.3 is 0 Å². The fraction of sp³-hybridized carbons (Fsp3) is 0.400.